The zero-order valence-electron chi connectivity index (χ0n) is 18.6. The van der Waals surface area contributed by atoms with Crippen molar-refractivity contribution in [2.45, 2.75) is 6.54 Å². The molecule has 1 amide bonds. The summed E-state index contributed by atoms with van der Waals surface area (Å²) in [5.74, 6) is 0.887. The minimum absolute atomic E-state index is 0.0773. The predicted octanol–water partition coefficient (Wildman–Crippen LogP) is 6.39. The molecule has 0 bridgehead atoms. The molecule has 1 heterocycles. The highest BCUT2D eigenvalue weighted by Gasteiger charge is 2.10. The van der Waals surface area contributed by atoms with Gasteiger partial charge in [-0.2, -0.15) is 0 Å². The molecule has 0 fully saturated rings. The van der Waals surface area contributed by atoms with Gasteiger partial charge in [0.15, 0.2) is 0 Å². The molecule has 0 aliphatic rings. The minimum atomic E-state index is -0.695. The third-order valence-corrected chi connectivity index (χ3v) is 5.62. The van der Waals surface area contributed by atoms with Gasteiger partial charge in [-0.25, -0.2) is 4.79 Å². The van der Waals surface area contributed by atoms with Crippen LogP contribution in [-0.4, -0.2) is 22.2 Å². The first kappa shape index (κ1) is 22.0. The number of nitrogens with zero attached hydrogens (tertiary/aromatic N) is 2. The van der Waals surface area contributed by atoms with E-state index >= 15 is 0 Å². The molecule has 0 aliphatic carbocycles. The van der Waals surface area contributed by atoms with Crippen LogP contribution in [0.1, 0.15) is 0 Å². The molecule has 35 heavy (non-hydrogen) atoms. The number of hydrogen-bond donors (Lipinski definition) is 1. The summed E-state index contributed by atoms with van der Waals surface area (Å²) in [6.07, 6.45) is -0.695. The maximum absolute atomic E-state index is 12.1. The number of amides is 1. The van der Waals surface area contributed by atoms with Crippen LogP contribution in [0.4, 0.5) is 16.2 Å². The fraction of sp³-hybridized carbons (Fsp3) is 0.0741. The highest BCUT2D eigenvalue weighted by Crippen LogP contribution is 2.28. The van der Waals surface area contributed by atoms with E-state index in [9.17, 15) is 14.9 Å². The molecule has 0 saturated heterocycles. The lowest BCUT2D eigenvalue weighted by atomic mass is 10.2. The van der Waals surface area contributed by atoms with E-state index in [4.69, 9.17) is 9.47 Å². The number of nitro groups is 1. The SMILES string of the molecule is O=C(Nc1ccc(OCCn2c3ccccc3c3ccccc32)cc1)Oc1ccc([N+](=O)[O-])cc1. The second kappa shape index (κ2) is 9.56. The lowest BCUT2D eigenvalue weighted by Gasteiger charge is -2.11. The Balaban J connectivity index is 1.18. The highest BCUT2D eigenvalue weighted by molar-refractivity contribution is 6.07. The zero-order chi connectivity index (χ0) is 24.2. The quantitative estimate of drug-likeness (QED) is 0.221. The van der Waals surface area contributed by atoms with Crippen LogP contribution in [0.25, 0.3) is 21.8 Å². The smallest absolute Gasteiger partial charge is 0.417 e. The standard InChI is InChI=1S/C27H21N3O5/c31-27(35-22-15-11-20(12-16-22)30(32)33)28-19-9-13-21(14-10-19)34-18-17-29-25-7-3-1-5-23(25)24-6-2-4-8-26(24)29/h1-16H,17-18H2,(H,28,31). The largest absolute Gasteiger partial charge is 0.492 e. The van der Waals surface area contributed by atoms with Gasteiger partial charge in [-0.15, -0.1) is 0 Å². The Hall–Kier alpha value is -4.85. The summed E-state index contributed by atoms with van der Waals surface area (Å²) in [5, 5.41) is 15.8. The Labute approximate surface area is 200 Å². The summed E-state index contributed by atoms with van der Waals surface area (Å²) in [7, 11) is 0. The van der Waals surface area contributed by atoms with E-state index in [1.54, 1.807) is 24.3 Å². The Morgan fingerprint density at radius 1 is 0.800 bits per heavy atom. The maximum atomic E-state index is 12.1. The predicted molar refractivity (Wildman–Crippen MR) is 134 cm³/mol. The van der Waals surface area contributed by atoms with E-state index in [0.717, 1.165) is 0 Å². The lowest BCUT2D eigenvalue weighted by molar-refractivity contribution is -0.384. The Bertz CT molecular complexity index is 1450. The molecule has 0 radical (unpaired) electrons. The number of nitrogens with one attached hydrogen (secondary N) is 1. The number of rotatable bonds is 7. The number of aromatic nitrogens is 1. The molecule has 1 N–H and O–H groups in total. The van der Waals surface area contributed by atoms with Crippen LogP contribution in [-0.2, 0) is 6.54 Å². The fourth-order valence-electron chi connectivity index (χ4n) is 4.02. The van der Waals surface area contributed by atoms with E-state index in [2.05, 4.69) is 34.1 Å². The van der Waals surface area contributed by atoms with Crippen molar-refractivity contribution in [3.8, 4) is 11.5 Å². The van der Waals surface area contributed by atoms with Gasteiger partial charge in [0.05, 0.1) is 11.5 Å². The molecule has 5 aromatic rings. The number of ether oxygens (including phenoxy) is 2. The van der Waals surface area contributed by atoms with Crippen molar-refractivity contribution >= 4 is 39.3 Å². The summed E-state index contributed by atoms with van der Waals surface area (Å²) in [6, 6.07) is 28.9. The minimum Gasteiger partial charge on any atom is -0.492 e. The molecule has 0 aliphatic heterocycles. The van der Waals surface area contributed by atoms with E-state index in [0.29, 0.717) is 24.6 Å². The summed E-state index contributed by atoms with van der Waals surface area (Å²) in [4.78, 5) is 22.3. The van der Waals surface area contributed by atoms with Crippen molar-refractivity contribution in [3.63, 3.8) is 0 Å². The van der Waals surface area contributed by atoms with Gasteiger partial charge in [-0.1, -0.05) is 36.4 Å². The van der Waals surface area contributed by atoms with Gasteiger partial charge in [0, 0.05) is 39.6 Å². The first-order valence-corrected chi connectivity index (χ1v) is 11.0. The van der Waals surface area contributed by atoms with Gasteiger partial charge in [-0.3, -0.25) is 15.4 Å². The number of carbonyl (C=O) groups is 1. The van der Waals surface area contributed by atoms with Gasteiger partial charge < -0.3 is 14.0 Å². The Morgan fingerprint density at radius 2 is 1.37 bits per heavy atom. The highest BCUT2D eigenvalue weighted by atomic mass is 16.6. The Morgan fingerprint density at radius 3 is 1.97 bits per heavy atom. The molecule has 0 unspecified atom stereocenters. The third kappa shape index (κ3) is 4.77. The monoisotopic (exact) mass is 467 g/mol. The molecule has 8 nitrogen and oxygen atoms in total. The third-order valence-electron chi connectivity index (χ3n) is 5.62. The molecule has 8 heteroatoms. The second-order valence-corrected chi connectivity index (χ2v) is 7.82. The van der Waals surface area contributed by atoms with Crippen molar-refractivity contribution in [2.75, 3.05) is 11.9 Å². The van der Waals surface area contributed by atoms with Crippen molar-refractivity contribution in [2.24, 2.45) is 0 Å². The normalized spacial score (nSPS) is 10.9. The van der Waals surface area contributed by atoms with Crippen LogP contribution in [0.5, 0.6) is 11.5 Å². The van der Waals surface area contributed by atoms with Crippen molar-refractivity contribution in [1.82, 2.24) is 4.57 Å². The van der Waals surface area contributed by atoms with Gasteiger partial charge in [0.1, 0.15) is 18.1 Å². The molecular weight excluding hydrogens is 446 g/mol. The summed E-state index contributed by atoms with van der Waals surface area (Å²) >= 11 is 0. The Kier molecular flexibility index (Phi) is 6.00. The van der Waals surface area contributed by atoms with Crippen LogP contribution >= 0.6 is 0 Å². The number of non-ortho nitro benzene ring substituents is 1. The number of benzene rings is 4. The fourth-order valence-corrected chi connectivity index (χ4v) is 4.02. The van der Waals surface area contributed by atoms with Crippen molar-refractivity contribution in [1.29, 1.82) is 0 Å². The summed E-state index contributed by atoms with van der Waals surface area (Å²) < 4.78 is 13.4. The number of anilines is 1. The first-order valence-electron chi connectivity index (χ1n) is 11.0. The second-order valence-electron chi connectivity index (χ2n) is 7.82. The number of carbonyl (C=O) groups excluding carboxylic acids is 1. The summed E-state index contributed by atoms with van der Waals surface area (Å²) in [6.45, 7) is 1.17. The van der Waals surface area contributed by atoms with Crippen LogP contribution < -0.4 is 14.8 Å². The van der Waals surface area contributed by atoms with Crippen LogP contribution in [0, 0.1) is 10.1 Å². The van der Waals surface area contributed by atoms with E-state index in [-0.39, 0.29) is 11.4 Å². The molecule has 0 saturated carbocycles. The average Bonchev–Trinajstić information content (AvgIpc) is 3.19. The number of hydrogen-bond acceptors (Lipinski definition) is 5. The molecule has 174 valence electrons. The number of fused-ring (bicyclic) bond motifs is 3. The average molecular weight is 467 g/mol. The lowest BCUT2D eigenvalue weighted by Crippen LogP contribution is -2.16. The van der Waals surface area contributed by atoms with Crippen molar-refractivity contribution in [3.05, 3.63) is 107 Å². The van der Waals surface area contributed by atoms with Gasteiger partial charge in [0.25, 0.3) is 5.69 Å². The maximum Gasteiger partial charge on any atom is 0.417 e. The van der Waals surface area contributed by atoms with Crippen LogP contribution in [0.2, 0.25) is 0 Å². The summed E-state index contributed by atoms with van der Waals surface area (Å²) in [5.41, 5.74) is 2.80. The molecule has 0 atom stereocenters. The molecule has 1 aromatic heterocycles. The van der Waals surface area contributed by atoms with Gasteiger partial charge in [-0.05, 0) is 48.5 Å². The topological polar surface area (TPSA) is 95.6 Å². The molecule has 4 aromatic carbocycles. The van der Waals surface area contributed by atoms with Crippen molar-refractivity contribution < 1.29 is 19.2 Å². The molecule has 0 spiro atoms. The zero-order valence-corrected chi connectivity index (χ0v) is 18.6. The number of nitro benzene ring substituents is 1. The van der Waals surface area contributed by atoms with E-state index in [1.807, 2.05) is 24.3 Å². The first-order chi connectivity index (χ1) is 17.1. The number of para-hydroxylation sites is 2. The van der Waals surface area contributed by atoms with Crippen LogP contribution in [0.3, 0.4) is 0 Å². The van der Waals surface area contributed by atoms with Crippen LogP contribution in [0.15, 0.2) is 97.1 Å². The van der Waals surface area contributed by atoms with E-state index in [1.165, 1.54) is 46.1 Å². The van der Waals surface area contributed by atoms with Gasteiger partial charge in [0.2, 0.25) is 0 Å². The van der Waals surface area contributed by atoms with E-state index < -0.39 is 11.0 Å². The molecule has 5 rings (SSSR count). The van der Waals surface area contributed by atoms with Gasteiger partial charge >= 0.3 is 6.09 Å². The molecular formula is C27H21N3O5.